The molecule has 0 aromatic rings. The van der Waals surface area contributed by atoms with E-state index in [1.54, 1.807) is 0 Å². The Balaban J connectivity index is 1.74. The number of carbonyl (C=O) groups is 1. The lowest BCUT2D eigenvalue weighted by Gasteiger charge is -2.27. The Hall–Kier alpha value is -0.650. The van der Waals surface area contributed by atoms with Gasteiger partial charge in [-0.1, -0.05) is 0 Å². The van der Waals surface area contributed by atoms with Gasteiger partial charge in [-0.25, -0.2) is 0 Å². The third kappa shape index (κ3) is 4.75. The van der Waals surface area contributed by atoms with Crippen LogP contribution in [0.15, 0.2) is 0 Å². The van der Waals surface area contributed by atoms with Gasteiger partial charge in [0.05, 0.1) is 12.6 Å². The Morgan fingerprint density at radius 3 is 2.84 bits per heavy atom. The maximum Gasteiger partial charge on any atom is 0.234 e. The van der Waals surface area contributed by atoms with E-state index in [9.17, 15) is 9.90 Å². The van der Waals surface area contributed by atoms with E-state index in [1.165, 1.54) is 0 Å². The average Bonchev–Trinajstić information content (AvgIpc) is 2.77. The summed E-state index contributed by atoms with van der Waals surface area (Å²) >= 11 is 0. The van der Waals surface area contributed by atoms with Crippen LogP contribution in [-0.4, -0.2) is 60.4 Å². The smallest absolute Gasteiger partial charge is 0.234 e. The number of hydrogen-bond donors (Lipinski definition) is 2. The molecule has 2 aliphatic rings. The predicted octanol–water partition coefficient (Wildman–Crippen LogP) is 0.517. The number of carbonyl (C=O) groups excluding carboxylic acids is 1. The third-order valence-corrected chi connectivity index (χ3v) is 4.05. The molecule has 0 spiro atoms. The molecule has 0 aliphatic carbocycles. The van der Waals surface area contributed by atoms with Crippen molar-refractivity contribution >= 4 is 5.91 Å². The van der Waals surface area contributed by atoms with Crippen LogP contribution < -0.4 is 5.32 Å². The van der Waals surface area contributed by atoms with E-state index in [0.717, 1.165) is 51.9 Å². The molecule has 2 atom stereocenters. The SMILES string of the molecule is CC(O)CC1CCCN1CC(=O)NC1CCOCC1. The number of rotatable bonds is 5. The molecule has 0 aromatic carbocycles. The summed E-state index contributed by atoms with van der Waals surface area (Å²) in [6.07, 6.45) is 4.54. The van der Waals surface area contributed by atoms with E-state index in [2.05, 4.69) is 10.2 Å². The van der Waals surface area contributed by atoms with Gasteiger partial charge >= 0.3 is 0 Å². The lowest BCUT2D eigenvalue weighted by molar-refractivity contribution is -0.123. The zero-order chi connectivity index (χ0) is 13.7. The monoisotopic (exact) mass is 270 g/mol. The van der Waals surface area contributed by atoms with Crippen LogP contribution in [0.5, 0.6) is 0 Å². The Morgan fingerprint density at radius 1 is 1.42 bits per heavy atom. The van der Waals surface area contributed by atoms with Crippen molar-refractivity contribution in [3.05, 3.63) is 0 Å². The highest BCUT2D eigenvalue weighted by Crippen LogP contribution is 2.21. The van der Waals surface area contributed by atoms with E-state index < -0.39 is 0 Å². The minimum absolute atomic E-state index is 0.115. The molecule has 2 heterocycles. The van der Waals surface area contributed by atoms with Crippen molar-refractivity contribution in [2.75, 3.05) is 26.3 Å². The molecule has 0 saturated carbocycles. The number of nitrogens with one attached hydrogen (secondary N) is 1. The molecular weight excluding hydrogens is 244 g/mol. The predicted molar refractivity (Wildman–Crippen MR) is 72.9 cm³/mol. The first-order chi connectivity index (χ1) is 9.15. The fourth-order valence-electron chi connectivity index (χ4n) is 3.06. The van der Waals surface area contributed by atoms with Gasteiger partial charge < -0.3 is 15.2 Å². The molecule has 1 amide bonds. The van der Waals surface area contributed by atoms with Gasteiger partial charge in [-0.3, -0.25) is 9.69 Å². The Bertz CT molecular complexity index is 290. The molecule has 2 rings (SSSR count). The van der Waals surface area contributed by atoms with Gasteiger partial charge in [-0.15, -0.1) is 0 Å². The van der Waals surface area contributed by atoms with Gasteiger partial charge in [0.1, 0.15) is 0 Å². The summed E-state index contributed by atoms with van der Waals surface area (Å²) in [7, 11) is 0. The molecule has 2 fully saturated rings. The van der Waals surface area contributed by atoms with E-state index in [4.69, 9.17) is 4.74 Å². The fourth-order valence-corrected chi connectivity index (χ4v) is 3.06. The van der Waals surface area contributed by atoms with Gasteiger partial charge in [-0.05, 0) is 45.6 Å². The lowest BCUT2D eigenvalue weighted by atomic mass is 10.1. The quantitative estimate of drug-likeness (QED) is 0.764. The van der Waals surface area contributed by atoms with Crippen LogP contribution in [-0.2, 0) is 9.53 Å². The summed E-state index contributed by atoms with van der Waals surface area (Å²) in [5.41, 5.74) is 0. The summed E-state index contributed by atoms with van der Waals surface area (Å²) in [6.45, 7) is 4.75. The van der Waals surface area contributed by atoms with Crippen LogP contribution in [0, 0.1) is 0 Å². The summed E-state index contributed by atoms with van der Waals surface area (Å²) in [6, 6.07) is 0.638. The van der Waals surface area contributed by atoms with Crippen molar-refractivity contribution in [2.45, 2.75) is 57.2 Å². The van der Waals surface area contributed by atoms with Gasteiger partial charge in [0.25, 0.3) is 0 Å². The second kappa shape index (κ2) is 7.22. The molecule has 110 valence electrons. The molecule has 0 bridgehead atoms. The normalized spacial score (nSPS) is 27.4. The largest absolute Gasteiger partial charge is 0.393 e. The van der Waals surface area contributed by atoms with Crippen LogP contribution in [0.1, 0.15) is 39.0 Å². The van der Waals surface area contributed by atoms with Crippen LogP contribution in [0.4, 0.5) is 0 Å². The van der Waals surface area contributed by atoms with Crippen molar-refractivity contribution in [1.29, 1.82) is 0 Å². The highest BCUT2D eigenvalue weighted by molar-refractivity contribution is 5.78. The Morgan fingerprint density at radius 2 is 2.16 bits per heavy atom. The number of aliphatic hydroxyl groups excluding tert-OH is 1. The molecule has 19 heavy (non-hydrogen) atoms. The van der Waals surface area contributed by atoms with Crippen molar-refractivity contribution < 1.29 is 14.6 Å². The lowest BCUT2D eigenvalue weighted by Crippen LogP contribution is -2.45. The number of nitrogens with zero attached hydrogens (tertiary/aromatic N) is 1. The second-order valence-electron chi connectivity index (χ2n) is 5.81. The van der Waals surface area contributed by atoms with Crippen molar-refractivity contribution in [2.24, 2.45) is 0 Å². The van der Waals surface area contributed by atoms with Crippen molar-refractivity contribution in [3.8, 4) is 0 Å². The topological polar surface area (TPSA) is 61.8 Å². The maximum absolute atomic E-state index is 12.0. The minimum atomic E-state index is -0.288. The summed E-state index contributed by atoms with van der Waals surface area (Å²) in [5, 5.41) is 12.6. The second-order valence-corrected chi connectivity index (χ2v) is 5.81. The molecule has 0 radical (unpaired) electrons. The van der Waals surface area contributed by atoms with Crippen LogP contribution in [0.3, 0.4) is 0 Å². The summed E-state index contributed by atoms with van der Waals surface area (Å²) in [4.78, 5) is 14.3. The number of hydrogen-bond acceptors (Lipinski definition) is 4. The number of likely N-dealkylation sites (tertiary alicyclic amines) is 1. The summed E-state index contributed by atoms with van der Waals surface area (Å²) in [5.74, 6) is 0.115. The van der Waals surface area contributed by atoms with E-state index in [-0.39, 0.29) is 18.1 Å². The highest BCUT2D eigenvalue weighted by Gasteiger charge is 2.27. The summed E-state index contributed by atoms with van der Waals surface area (Å²) < 4.78 is 5.29. The standard InChI is InChI=1S/C14H26N2O3/c1-11(17)9-13-3-2-6-16(13)10-14(18)15-12-4-7-19-8-5-12/h11-13,17H,2-10H2,1H3,(H,15,18). The molecular formula is C14H26N2O3. The minimum Gasteiger partial charge on any atom is -0.393 e. The van der Waals surface area contributed by atoms with Gasteiger partial charge in [0.2, 0.25) is 5.91 Å². The Kier molecular flexibility index (Phi) is 5.60. The van der Waals surface area contributed by atoms with E-state index in [1.807, 2.05) is 6.92 Å². The molecule has 0 aromatic heterocycles. The average molecular weight is 270 g/mol. The van der Waals surface area contributed by atoms with E-state index in [0.29, 0.717) is 12.6 Å². The molecule has 5 nitrogen and oxygen atoms in total. The zero-order valence-electron chi connectivity index (χ0n) is 11.8. The van der Waals surface area contributed by atoms with Crippen molar-refractivity contribution in [1.82, 2.24) is 10.2 Å². The van der Waals surface area contributed by atoms with E-state index >= 15 is 0 Å². The maximum atomic E-state index is 12.0. The third-order valence-electron chi connectivity index (χ3n) is 4.05. The molecule has 2 aliphatic heterocycles. The molecule has 2 saturated heterocycles. The van der Waals surface area contributed by atoms with Crippen LogP contribution >= 0.6 is 0 Å². The molecule has 5 heteroatoms. The van der Waals surface area contributed by atoms with Gasteiger partial charge in [-0.2, -0.15) is 0 Å². The number of ether oxygens (including phenoxy) is 1. The Labute approximate surface area is 115 Å². The van der Waals surface area contributed by atoms with Crippen LogP contribution in [0.2, 0.25) is 0 Å². The zero-order valence-corrected chi connectivity index (χ0v) is 11.8. The fraction of sp³-hybridized carbons (Fsp3) is 0.929. The highest BCUT2D eigenvalue weighted by atomic mass is 16.5. The van der Waals surface area contributed by atoms with Crippen molar-refractivity contribution in [3.63, 3.8) is 0 Å². The first-order valence-electron chi connectivity index (χ1n) is 7.44. The first kappa shape index (κ1) is 14.8. The number of amides is 1. The molecule has 2 N–H and O–H groups in total. The molecule has 2 unspecified atom stereocenters. The number of aliphatic hydroxyl groups is 1. The first-order valence-corrected chi connectivity index (χ1v) is 7.44. The van der Waals surface area contributed by atoms with Gasteiger partial charge in [0, 0.05) is 25.3 Å². The van der Waals surface area contributed by atoms with Gasteiger partial charge in [0.15, 0.2) is 0 Å². The van der Waals surface area contributed by atoms with Crippen LogP contribution in [0.25, 0.3) is 0 Å².